The van der Waals surface area contributed by atoms with Gasteiger partial charge in [-0.05, 0) is 50.4 Å². The largest absolute Gasteiger partial charge is 0.439 e. The molecule has 2 atom stereocenters. The molecule has 0 bridgehead atoms. The van der Waals surface area contributed by atoms with Crippen LogP contribution in [0.4, 0.5) is 13.2 Å². The quantitative estimate of drug-likeness (QED) is 0.938. The highest BCUT2D eigenvalue weighted by Gasteiger charge is 2.31. The van der Waals surface area contributed by atoms with E-state index < -0.39 is 11.7 Å². The molecule has 1 aromatic carbocycles. The molecular formula is C16H19F3N2O2. The van der Waals surface area contributed by atoms with Crippen LogP contribution in [-0.2, 0) is 12.7 Å². The van der Waals surface area contributed by atoms with Gasteiger partial charge in [-0.3, -0.25) is 4.90 Å². The molecule has 1 fully saturated rings. The van der Waals surface area contributed by atoms with E-state index in [1.807, 2.05) is 0 Å². The molecule has 1 aliphatic heterocycles. The minimum Gasteiger partial charge on any atom is -0.439 e. The van der Waals surface area contributed by atoms with Gasteiger partial charge in [-0.1, -0.05) is 0 Å². The van der Waals surface area contributed by atoms with Crippen LogP contribution < -0.4 is 0 Å². The minimum absolute atomic E-state index is 0.213. The molecule has 2 heterocycles. The second-order valence-corrected chi connectivity index (χ2v) is 6.17. The maximum Gasteiger partial charge on any atom is 0.416 e. The maximum atomic E-state index is 12.7. The van der Waals surface area contributed by atoms with Crippen molar-refractivity contribution in [3.63, 3.8) is 0 Å². The number of nitrogens with zero attached hydrogens (tertiary/aromatic N) is 2. The first-order chi connectivity index (χ1) is 10.8. The summed E-state index contributed by atoms with van der Waals surface area (Å²) >= 11 is 0. The molecule has 0 saturated carbocycles. The van der Waals surface area contributed by atoms with Gasteiger partial charge in [-0.15, -0.1) is 0 Å². The van der Waals surface area contributed by atoms with Gasteiger partial charge in [-0.25, -0.2) is 4.98 Å². The van der Waals surface area contributed by atoms with E-state index in [4.69, 9.17) is 4.42 Å². The predicted molar refractivity (Wildman–Crippen MR) is 78.7 cm³/mol. The number of hydrogen-bond acceptors (Lipinski definition) is 4. The number of fused-ring (bicyclic) bond motifs is 1. The number of hydrogen-bond donors (Lipinski definition) is 1. The van der Waals surface area contributed by atoms with Crippen molar-refractivity contribution in [2.24, 2.45) is 5.92 Å². The summed E-state index contributed by atoms with van der Waals surface area (Å²) in [6.07, 6.45) is -2.79. The molecule has 0 radical (unpaired) electrons. The highest BCUT2D eigenvalue weighted by atomic mass is 19.4. The van der Waals surface area contributed by atoms with Crippen molar-refractivity contribution in [2.75, 3.05) is 13.1 Å². The van der Waals surface area contributed by atoms with Crippen molar-refractivity contribution >= 4 is 11.1 Å². The van der Waals surface area contributed by atoms with E-state index in [1.54, 1.807) is 6.92 Å². The number of aromatic nitrogens is 1. The molecule has 4 nitrogen and oxygen atoms in total. The first-order valence-electron chi connectivity index (χ1n) is 7.70. The standard InChI is InChI=1S/C16H19F3N2O2/c1-10(22)11-3-2-6-21(8-11)9-15-20-13-7-12(16(17,18)19)4-5-14(13)23-15/h4-5,7,10-11,22H,2-3,6,8-9H2,1H3. The van der Waals surface area contributed by atoms with Crippen molar-refractivity contribution in [1.29, 1.82) is 0 Å². The molecule has 2 unspecified atom stereocenters. The smallest absolute Gasteiger partial charge is 0.416 e. The number of aliphatic hydroxyl groups excluding tert-OH is 1. The highest BCUT2D eigenvalue weighted by molar-refractivity contribution is 5.73. The van der Waals surface area contributed by atoms with Gasteiger partial charge < -0.3 is 9.52 Å². The lowest BCUT2D eigenvalue weighted by Crippen LogP contribution is -2.39. The Balaban J connectivity index is 1.76. The molecule has 1 aliphatic rings. The van der Waals surface area contributed by atoms with Gasteiger partial charge in [0.25, 0.3) is 0 Å². The average molecular weight is 328 g/mol. The Morgan fingerprint density at radius 1 is 1.43 bits per heavy atom. The van der Waals surface area contributed by atoms with E-state index in [2.05, 4.69) is 9.88 Å². The summed E-state index contributed by atoms with van der Waals surface area (Å²) in [7, 11) is 0. The summed E-state index contributed by atoms with van der Waals surface area (Å²) in [4.78, 5) is 6.30. The van der Waals surface area contributed by atoms with Crippen molar-refractivity contribution in [3.8, 4) is 0 Å². The summed E-state index contributed by atoms with van der Waals surface area (Å²) in [6.45, 7) is 3.84. The highest BCUT2D eigenvalue weighted by Crippen LogP contribution is 2.31. The van der Waals surface area contributed by atoms with Crippen molar-refractivity contribution in [3.05, 3.63) is 29.7 Å². The fourth-order valence-corrected chi connectivity index (χ4v) is 3.04. The number of alkyl halides is 3. The van der Waals surface area contributed by atoms with Crippen LogP contribution in [0.2, 0.25) is 0 Å². The lowest BCUT2D eigenvalue weighted by molar-refractivity contribution is -0.137. The molecule has 1 N–H and O–H groups in total. The summed E-state index contributed by atoms with van der Waals surface area (Å²) in [5.41, 5.74) is -0.145. The van der Waals surface area contributed by atoms with Crippen LogP contribution in [0, 0.1) is 5.92 Å². The Kier molecular flexibility index (Phi) is 4.33. The second-order valence-electron chi connectivity index (χ2n) is 6.17. The van der Waals surface area contributed by atoms with Gasteiger partial charge in [-0.2, -0.15) is 13.2 Å². The van der Waals surface area contributed by atoms with Gasteiger partial charge in [0, 0.05) is 6.54 Å². The number of benzene rings is 1. The van der Waals surface area contributed by atoms with E-state index in [9.17, 15) is 18.3 Å². The van der Waals surface area contributed by atoms with Crippen LogP contribution in [0.1, 0.15) is 31.2 Å². The van der Waals surface area contributed by atoms with Crippen LogP contribution in [0.3, 0.4) is 0 Å². The molecule has 23 heavy (non-hydrogen) atoms. The maximum absolute atomic E-state index is 12.7. The zero-order chi connectivity index (χ0) is 16.6. The van der Waals surface area contributed by atoms with Crippen LogP contribution >= 0.6 is 0 Å². The zero-order valence-corrected chi connectivity index (χ0v) is 12.8. The summed E-state index contributed by atoms with van der Waals surface area (Å²) in [5.74, 6) is 0.621. The van der Waals surface area contributed by atoms with Crippen molar-refractivity contribution < 1.29 is 22.7 Å². The molecule has 2 aromatic rings. The Bertz CT molecular complexity index is 682. The Labute approximate surface area is 131 Å². The van der Waals surface area contributed by atoms with Crippen LogP contribution in [0.25, 0.3) is 11.1 Å². The number of aliphatic hydroxyl groups is 1. The zero-order valence-electron chi connectivity index (χ0n) is 12.8. The van der Waals surface area contributed by atoms with E-state index >= 15 is 0 Å². The van der Waals surface area contributed by atoms with Crippen molar-refractivity contribution in [1.82, 2.24) is 9.88 Å². The summed E-state index contributed by atoms with van der Waals surface area (Å²) in [6, 6.07) is 3.32. The number of rotatable bonds is 3. The molecule has 0 spiro atoms. The summed E-state index contributed by atoms with van der Waals surface area (Å²) < 4.78 is 43.7. The Hall–Kier alpha value is -1.60. The number of likely N-dealkylation sites (tertiary alicyclic amines) is 1. The van der Waals surface area contributed by atoms with Gasteiger partial charge in [0.15, 0.2) is 5.58 Å². The van der Waals surface area contributed by atoms with Gasteiger partial charge in [0.2, 0.25) is 5.89 Å². The van der Waals surface area contributed by atoms with E-state index in [-0.39, 0.29) is 17.5 Å². The Morgan fingerprint density at radius 2 is 2.22 bits per heavy atom. The number of halogens is 3. The minimum atomic E-state index is -4.38. The average Bonchev–Trinajstić information content (AvgIpc) is 2.87. The van der Waals surface area contributed by atoms with Gasteiger partial charge >= 0.3 is 6.18 Å². The van der Waals surface area contributed by atoms with Crippen LogP contribution in [0.15, 0.2) is 22.6 Å². The van der Waals surface area contributed by atoms with Crippen molar-refractivity contribution in [2.45, 2.75) is 38.6 Å². The molecule has 7 heteroatoms. The number of oxazole rings is 1. The van der Waals surface area contributed by atoms with Crippen LogP contribution in [-0.4, -0.2) is 34.2 Å². The molecular weight excluding hydrogens is 309 g/mol. The third-order valence-electron chi connectivity index (χ3n) is 4.34. The third kappa shape index (κ3) is 3.67. The lowest BCUT2D eigenvalue weighted by atomic mass is 9.93. The monoisotopic (exact) mass is 328 g/mol. The second kappa shape index (κ2) is 6.13. The molecule has 1 saturated heterocycles. The molecule has 1 aromatic heterocycles. The lowest BCUT2D eigenvalue weighted by Gasteiger charge is -2.33. The normalized spacial score (nSPS) is 21.7. The SMILES string of the molecule is CC(O)C1CCCN(Cc2nc3cc(C(F)(F)F)ccc3o2)C1. The molecule has 0 aliphatic carbocycles. The van der Waals surface area contributed by atoms with Gasteiger partial charge in [0.1, 0.15) is 5.52 Å². The first-order valence-corrected chi connectivity index (χ1v) is 7.70. The third-order valence-corrected chi connectivity index (χ3v) is 4.34. The van der Waals surface area contributed by atoms with E-state index in [0.29, 0.717) is 18.0 Å². The fraction of sp³-hybridized carbons (Fsp3) is 0.562. The molecule has 3 rings (SSSR count). The van der Waals surface area contributed by atoms with E-state index in [1.165, 1.54) is 6.07 Å². The topological polar surface area (TPSA) is 49.5 Å². The first kappa shape index (κ1) is 16.3. The van der Waals surface area contributed by atoms with E-state index in [0.717, 1.165) is 38.1 Å². The molecule has 0 amide bonds. The molecule has 126 valence electrons. The van der Waals surface area contributed by atoms with Gasteiger partial charge in [0.05, 0.1) is 18.2 Å². The predicted octanol–water partition coefficient (Wildman–Crippen LogP) is 3.44. The van der Waals surface area contributed by atoms with Crippen LogP contribution in [0.5, 0.6) is 0 Å². The Morgan fingerprint density at radius 3 is 2.91 bits per heavy atom. The number of piperidine rings is 1. The summed E-state index contributed by atoms with van der Waals surface area (Å²) in [5, 5.41) is 9.71. The fourth-order valence-electron chi connectivity index (χ4n) is 3.04.